The zero-order chi connectivity index (χ0) is 12.3. The van der Waals surface area contributed by atoms with Gasteiger partial charge >= 0.3 is 0 Å². The van der Waals surface area contributed by atoms with Gasteiger partial charge in [0.2, 0.25) is 0 Å². The molecule has 0 bridgehead atoms. The van der Waals surface area contributed by atoms with Gasteiger partial charge in [0, 0.05) is 27.1 Å². The van der Waals surface area contributed by atoms with Crippen LogP contribution in [-0.4, -0.2) is 20.0 Å². The first-order valence-corrected chi connectivity index (χ1v) is 6.85. The summed E-state index contributed by atoms with van der Waals surface area (Å²) in [6.45, 7) is 4.46. The van der Waals surface area contributed by atoms with Gasteiger partial charge in [0.05, 0.1) is 0 Å². The highest BCUT2D eigenvalue weighted by Crippen LogP contribution is 2.26. The SMILES string of the molecule is CCCCCCC(CCCCC)(OC)OC. The minimum atomic E-state index is -0.317. The Labute approximate surface area is 102 Å². The maximum absolute atomic E-state index is 5.59. The van der Waals surface area contributed by atoms with Gasteiger partial charge in [-0.25, -0.2) is 0 Å². The van der Waals surface area contributed by atoms with Crippen LogP contribution in [0.4, 0.5) is 0 Å². The molecule has 0 aliphatic rings. The molecule has 0 fully saturated rings. The van der Waals surface area contributed by atoms with E-state index < -0.39 is 0 Å². The van der Waals surface area contributed by atoms with Crippen LogP contribution in [0.15, 0.2) is 0 Å². The van der Waals surface area contributed by atoms with Crippen molar-refractivity contribution in [1.82, 2.24) is 0 Å². The Morgan fingerprint density at radius 3 is 1.56 bits per heavy atom. The van der Waals surface area contributed by atoms with E-state index >= 15 is 0 Å². The third kappa shape index (κ3) is 6.49. The first kappa shape index (κ1) is 15.9. The molecule has 0 amide bonds. The average molecular weight is 230 g/mol. The minimum Gasteiger partial charge on any atom is -0.353 e. The lowest BCUT2D eigenvalue weighted by Gasteiger charge is -2.31. The van der Waals surface area contributed by atoms with Crippen LogP contribution >= 0.6 is 0 Å². The van der Waals surface area contributed by atoms with E-state index in [1.54, 1.807) is 14.2 Å². The zero-order valence-corrected chi connectivity index (χ0v) is 11.7. The van der Waals surface area contributed by atoms with E-state index in [0.29, 0.717) is 0 Å². The van der Waals surface area contributed by atoms with E-state index in [9.17, 15) is 0 Å². The lowest BCUT2D eigenvalue weighted by molar-refractivity contribution is -0.216. The molecule has 0 atom stereocenters. The number of hydrogen-bond donors (Lipinski definition) is 0. The largest absolute Gasteiger partial charge is 0.353 e. The van der Waals surface area contributed by atoms with E-state index in [4.69, 9.17) is 9.47 Å². The van der Waals surface area contributed by atoms with Crippen molar-refractivity contribution < 1.29 is 9.47 Å². The fourth-order valence-electron chi connectivity index (χ4n) is 2.08. The van der Waals surface area contributed by atoms with E-state index in [1.165, 1.54) is 44.9 Å². The molecule has 16 heavy (non-hydrogen) atoms. The zero-order valence-electron chi connectivity index (χ0n) is 11.7. The van der Waals surface area contributed by atoms with Crippen LogP contribution < -0.4 is 0 Å². The third-order valence-electron chi connectivity index (χ3n) is 3.32. The Kier molecular flexibility index (Phi) is 10.0. The Bertz CT molecular complexity index is 142. The first-order valence-electron chi connectivity index (χ1n) is 6.85. The smallest absolute Gasteiger partial charge is 0.167 e. The highest BCUT2D eigenvalue weighted by molar-refractivity contribution is 4.69. The van der Waals surface area contributed by atoms with Gasteiger partial charge in [-0.1, -0.05) is 46.0 Å². The van der Waals surface area contributed by atoms with Crippen molar-refractivity contribution in [2.45, 2.75) is 77.4 Å². The summed E-state index contributed by atoms with van der Waals surface area (Å²) in [7, 11) is 3.55. The van der Waals surface area contributed by atoms with Crippen LogP contribution in [-0.2, 0) is 9.47 Å². The highest BCUT2D eigenvalue weighted by atomic mass is 16.7. The number of ether oxygens (including phenoxy) is 2. The molecule has 0 radical (unpaired) electrons. The monoisotopic (exact) mass is 230 g/mol. The topological polar surface area (TPSA) is 18.5 Å². The quantitative estimate of drug-likeness (QED) is 0.383. The van der Waals surface area contributed by atoms with Gasteiger partial charge < -0.3 is 9.47 Å². The summed E-state index contributed by atoms with van der Waals surface area (Å²) in [5, 5.41) is 0. The molecule has 0 spiro atoms. The molecule has 0 saturated carbocycles. The third-order valence-corrected chi connectivity index (χ3v) is 3.32. The summed E-state index contributed by atoms with van der Waals surface area (Å²) in [6, 6.07) is 0. The molecule has 0 aromatic heterocycles. The first-order chi connectivity index (χ1) is 7.74. The molecule has 0 aliphatic heterocycles. The Balaban J connectivity index is 3.90. The lowest BCUT2D eigenvalue weighted by Crippen LogP contribution is -2.33. The number of methoxy groups -OCH3 is 2. The van der Waals surface area contributed by atoms with Crippen LogP contribution in [0.5, 0.6) is 0 Å². The Morgan fingerprint density at radius 2 is 1.12 bits per heavy atom. The van der Waals surface area contributed by atoms with Crippen LogP contribution in [0.2, 0.25) is 0 Å². The van der Waals surface area contributed by atoms with Gasteiger partial charge in [0.15, 0.2) is 5.79 Å². The molecular weight excluding hydrogens is 200 g/mol. The molecular formula is C14H30O2. The Hall–Kier alpha value is -0.0800. The lowest BCUT2D eigenvalue weighted by atomic mass is 10.00. The summed E-state index contributed by atoms with van der Waals surface area (Å²) >= 11 is 0. The van der Waals surface area contributed by atoms with Crippen molar-refractivity contribution in [3.63, 3.8) is 0 Å². The van der Waals surface area contributed by atoms with Gasteiger partial charge in [-0.2, -0.15) is 0 Å². The van der Waals surface area contributed by atoms with Crippen molar-refractivity contribution in [2.24, 2.45) is 0 Å². The van der Waals surface area contributed by atoms with Crippen molar-refractivity contribution in [3.8, 4) is 0 Å². The van der Waals surface area contributed by atoms with Crippen molar-refractivity contribution >= 4 is 0 Å². The summed E-state index contributed by atoms with van der Waals surface area (Å²) < 4.78 is 11.2. The average Bonchev–Trinajstić information content (AvgIpc) is 2.33. The summed E-state index contributed by atoms with van der Waals surface area (Å²) in [5.41, 5.74) is 0. The summed E-state index contributed by atoms with van der Waals surface area (Å²) in [6.07, 6.45) is 10.9. The van der Waals surface area contributed by atoms with Crippen molar-refractivity contribution in [2.75, 3.05) is 14.2 Å². The van der Waals surface area contributed by atoms with Crippen LogP contribution in [0.1, 0.15) is 71.6 Å². The molecule has 0 heterocycles. The minimum absolute atomic E-state index is 0.317. The van der Waals surface area contributed by atoms with Gasteiger partial charge in [-0.15, -0.1) is 0 Å². The molecule has 2 nitrogen and oxygen atoms in total. The predicted molar refractivity (Wildman–Crippen MR) is 69.7 cm³/mol. The fraction of sp³-hybridized carbons (Fsp3) is 1.00. The van der Waals surface area contributed by atoms with Crippen LogP contribution in [0, 0.1) is 0 Å². The van der Waals surface area contributed by atoms with Crippen LogP contribution in [0.25, 0.3) is 0 Å². The Morgan fingerprint density at radius 1 is 0.688 bits per heavy atom. The second-order valence-electron chi connectivity index (χ2n) is 4.59. The number of hydrogen-bond acceptors (Lipinski definition) is 2. The molecule has 0 N–H and O–H groups in total. The van der Waals surface area contributed by atoms with Crippen molar-refractivity contribution in [1.29, 1.82) is 0 Å². The maximum atomic E-state index is 5.59. The molecule has 0 unspecified atom stereocenters. The van der Waals surface area contributed by atoms with Gasteiger partial charge in [-0.3, -0.25) is 0 Å². The molecule has 98 valence electrons. The molecule has 2 heteroatoms. The van der Waals surface area contributed by atoms with Crippen LogP contribution in [0.3, 0.4) is 0 Å². The summed E-state index contributed by atoms with van der Waals surface area (Å²) in [4.78, 5) is 0. The predicted octanol–water partition coefficient (Wildman–Crippen LogP) is 4.53. The fourth-order valence-corrected chi connectivity index (χ4v) is 2.08. The van der Waals surface area contributed by atoms with E-state index in [2.05, 4.69) is 13.8 Å². The normalized spacial score (nSPS) is 12.0. The molecule has 0 aromatic rings. The van der Waals surface area contributed by atoms with Gasteiger partial charge in [0.1, 0.15) is 0 Å². The summed E-state index contributed by atoms with van der Waals surface area (Å²) in [5.74, 6) is -0.317. The van der Waals surface area contributed by atoms with Gasteiger partial charge in [-0.05, 0) is 12.8 Å². The van der Waals surface area contributed by atoms with E-state index in [-0.39, 0.29) is 5.79 Å². The standard InChI is InChI=1S/C14H30O2/c1-5-7-9-11-13-14(15-3,16-4)12-10-8-6-2/h5-13H2,1-4H3. The second kappa shape index (κ2) is 10.1. The maximum Gasteiger partial charge on any atom is 0.167 e. The van der Waals surface area contributed by atoms with Gasteiger partial charge in [0.25, 0.3) is 0 Å². The highest BCUT2D eigenvalue weighted by Gasteiger charge is 2.27. The van der Waals surface area contributed by atoms with E-state index in [0.717, 1.165) is 12.8 Å². The van der Waals surface area contributed by atoms with E-state index in [1.807, 2.05) is 0 Å². The molecule has 0 aromatic carbocycles. The number of rotatable bonds is 11. The number of unbranched alkanes of at least 4 members (excludes halogenated alkanes) is 5. The molecule has 0 saturated heterocycles. The molecule has 0 aliphatic carbocycles. The van der Waals surface area contributed by atoms with Crippen molar-refractivity contribution in [3.05, 3.63) is 0 Å². The second-order valence-corrected chi connectivity index (χ2v) is 4.59. The molecule has 0 rings (SSSR count).